The van der Waals surface area contributed by atoms with Gasteiger partial charge in [0.05, 0.1) is 0 Å². The van der Waals surface area contributed by atoms with E-state index in [-0.39, 0.29) is 0 Å². The molecule has 0 fully saturated rings. The Hall–Kier alpha value is -1.37. The Balaban J connectivity index is 2.69. The molecule has 0 aromatic heterocycles. The fourth-order valence-corrected chi connectivity index (χ4v) is 1.57. The highest BCUT2D eigenvalue weighted by molar-refractivity contribution is 6.04. The molecule has 0 saturated carbocycles. The third kappa shape index (κ3) is 0.981. The summed E-state index contributed by atoms with van der Waals surface area (Å²) in [6.45, 7) is 2.09. The van der Waals surface area contributed by atoms with E-state index < -0.39 is 0 Å². The zero-order chi connectivity index (χ0) is 8.55. The number of hydrogen-bond donors (Lipinski definition) is 1. The van der Waals surface area contributed by atoms with E-state index in [2.05, 4.69) is 25.1 Å². The van der Waals surface area contributed by atoms with Gasteiger partial charge in [-0.1, -0.05) is 30.4 Å². The predicted molar refractivity (Wildman–Crippen MR) is 51.7 cm³/mol. The molecule has 1 nitrogen and oxygen atoms in total. The van der Waals surface area contributed by atoms with Crippen LogP contribution in [-0.2, 0) is 0 Å². The molecular formula is C11H11N. The van der Waals surface area contributed by atoms with Crippen molar-refractivity contribution in [2.24, 2.45) is 0 Å². The lowest BCUT2D eigenvalue weighted by atomic mass is 9.92. The summed E-state index contributed by atoms with van der Waals surface area (Å²) in [6, 6.07) is 6.12. The average molecular weight is 157 g/mol. The van der Waals surface area contributed by atoms with Crippen molar-refractivity contribution in [2.45, 2.75) is 13.3 Å². The van der Waals surface area contributed by atoms with Gasteiger partial charge in [0.25, 0.3) is 0 Å². The average Bonchev–Trinajstić information content (AvgIpc) is 2.07. The molecule has 0 bridgehead atoms. The third-order valence-corrected chi connectivity index (χ3v) is 2.26. The standard InChI is InChI=1S/C11H11N/c1-8-4-2-6-10-9(8)5-3-7-11(10)12/h2-6,12H,7H2,1H3. The second-order valence-electron chi connectivity index (χ2n) is 3.12. The Morgan fingerprint density at radius 1 is 1.33 bits per heavy atom. The lowest BCUT2D eigenvalue weighted by molar-refractivity contribution is 1.31. The van der Waals surface area contributed by atoms with Crippen molar-refractivity contribution in [3.05, 3.63) is 41.0 Å². The van der Waals surface area contributed by atoms with Crippen LogP contribution in [0.5, 0.6) is 0 Å². The highest BCUT2D eigenvalue weighted by atomic mass is 14.4. The van der Waals surface area contributed by atoms with Crippen LogP contribution in [0.1, 0.15) is 23.1 Å². The van der Waals surface area contributed by atoms with Crippen molar-refractivity contribution < 1.29 is 0 Å². The summed E-state index contributed by atoms with van der Waals surface area (Å²) < 4.78 is 0. The zero-order valence-electron chi connectivity index (χ0n) is 7.09. The SMILES string of the molecule is Cc1cccc2c1C=CCC2=N. The molecule has 0 atom stereocenters. The maximum atomic E-state index is 7.72. The minimum absolute atomic E-state index is 0.733. The van der Waals surface area contributed by atoms with E-state index in [0.29, 0.717) is 0 Å². The Labute approximate surface area is 72.2 Å². The molecule has 12 heavy (non-hydrogen) atoms. The van der Waals surface area contributed by atoms with E-state index in [1.54, 1.807) is 0 Å². The molecule has 1 heteroatoms. The first-order chi connectivity index (χ1) is 5.79. The fraction of sp³-hybridized carbons (Fsp3) is 0.182. The van der Waals surface area contributed by atoms with Gasteiger partial charge in [0.2, 0.25) is 0 Å². The van der Waals surface area contributed by atoms with Gasteiger partial charge in [-0.15, -0.1) is 0 Å². The third-order valence-electron chi connectivity index (χ3n) is 2.26. The number of allylic oxidation sites excluding steroid dienone is 1. The van der Waals surface area contributed by atoms with E-state index in [1.165, 1.54) is 11.1 Å². The van der Waals surface area contributed by atoms with Crippen LogP contribution in [0.3, 0.4) is 0 Å². The number of rotatable bonds is 0. The van der Waals surface area contributed by atoms with Crippen LogP contribution in [0.2, 0.25) is 0 Å². The van der Waals surface area contributed by atoms with E-state index in [4.69, 9.17) is 5.41 Å². The van der Waals surface area contributed by atoms with Crippen LogP contribution < -0.4 is 0 Å². The van der Waals surface area contributed by atoms with Crippen LogP contribution in [0.4, 0.5) is 0 Å². The molecule has 0 aliphatic heterocycles. The van der Waals surface area contributed by atoms with Crippen LogP contribution in [0.15, 0.2) is 24.3 Å². The first-order valence-electron chi connectivity index (χ1n) is 4.13. The summed E-state index contributed by atoms with van der Waals surface area (Å²) in [5.41, 5.74) is 4.30. The van der Waals surface area contributed by atoms with Crippen molar-refractivity contribution in [3.8, 4) is 0 Å². The molecule has 1 aliphatic carbocycles. The van der Waals surface area contributed by atoms with Gasteiger partial charge in [-0.3, -0.25) is 0 Å². The maximum absolute atomic E-state index is 7.72. The molecule has 1 aromatic carbocycles. The fourth-order valence-electron chi connectivity index (χ4n) is 1.57. The topological polar surface area (TPSA) is 23.9 Å². The number of benzene rings is 1. The molecule has 0 unspecified atom stereocenters. The smallest absolute Gasteiger partial charge is 0.0430 e. The van der Waals surface area contributed by atoms with Gasteiger partial charge in [-0.25, -0.2) is 0 Å². The number of aryl methyl sites for hydroxylation is 1. The van der Waals surface area contributed by atoms with Gasteiger partial charge >= 0.3 is 0 Å². The minimum Gasteiger partial charge on any atom is -0.304 e. The minimum atomic E-state index is 0.733. The molecule has 1 aromatic rings. The summed E-state index contributed by atoms with van der Waals surface area (Å²) in [7, 11) is 0. The van der Waals surface area contributed by atoms with Crippen LogP contribution in [-0.4, -0.2) is 5.71 Å². The van der Waals surface area contributed by atoms with E-state index in [0.717, 1.165) is 17.7 Å². The van der Waals surface area contributed by atoms with Crippen molar-refractivity contribution in [2.75, 3.05) is 0 Å². The molecule has 60 valence electrons. The van der Waals surface area contributed by atoms with Crippen LogP contribution >= 0.6 is 0 Å². The Morgan fingerprint density at radius 2 is 2.17 bits per heavy atom. The highest BCUT2D eigenvalue weighted by Crippen LogP contribution is 2.21. The van der Waals surface area contributed by atoms with Gasteiger partial charge in [-0.05, 0) is 18.1 Å². The molecule has 0 saturated heterocycles. The van der Waals surface area contributed by atoms with E-state index in [1.807, 2.05) is 12.1 Å². The maximum Gasteiger partial charge on any atom is 0.0430 e. The van der Waals surface area contributed by atoms with Crippen molar-refractivity contribution in [1.29, 1.82) is 5.41 Å². The lowest BCUT2D eigenvalue weighted by Crippen LogP contribution is -2.05. The van der Waals surface area contributed by atoms with Crippen LogP contribution in [0.25, 0.3) is 6.08 Å². The predicted octanol–water partition coefficient (Wildman–Crippen LogP) is 2.78. The van der Waals surface area contributed by atoms with Crippen molar-refractivity contribution >= 4 is 11.8 Å². The van der Waals surface area contributed by atoms with Crippen LogP contribution in [0, 0.1) is 12.3 Å². The highest BCUT2D eigenvalue weighted by Gasteiger charge is 2.09. The molecule has 2 rings (SSSR count). The Bertz CT molecular complexity index is 361. The van der Waals surface area contributed by atoms with E-state index in [9.17, 15) is 0 Å². The summed E-state index contributed by atoms with van der Waals surface area (Å²) >= 11 is 0. The Kier molecular flexibility index (Phi) is 1.58. The summed E-state index contributed by atoms with van der Waals surface area (Å²) in [5.74, 6) is 0. The molecule has 0 radical (unpaired) electrons. The molecule has 0 heterocycles. The molecule has 1 N–H and O–H groups in total. The molecule has 1 aliphatic rings. The second-order valence-corrected chi connectivity index (χ2v) is 3.12. The largest absolute Gasteiger partial charge is 0.304 e. The van der Waals surface area contributed by atoms with E-state index >= 15 is 0 Å². The lowest BCUT2D eigenvalue weighted by Gasteiger charge is -2.13. The number of fused-ring (bicyclic) bond motifs is 1. The molecule has 0 spiro atoms. The number of hydrogen-bond acceptors (Lipinski definition) is 1. The Morgan fingerprint density at radius 3 is 2.92 bits per heavy atom. The summed E-state index contributed by atoms with van der Waals surface area (Å²) in [4.78, 5) is 0. The second kappa shape index (κ2) is 2.59. The summed E-state index contributed by atoms with van der Waals surface area (Å²) in [5, 5.41) is 7.72. The summed E-state index contributed by atoms with van der Waals surface area (Å²) in [6.07, 6.45) is 4.94. The first kappa shape index (κ1) is 7.29. The quantitative estimate of drug-likeness (QED) is 0.598. The first-order valence-corrected chi connectivity index (χ1v) is 4.13. The van der Waals surface area contributed by atoms with Crippen molar-refractivity contribution in [1.82, 2.24) is 0 Å². The van der Waals surface area contributed by atoms with Gasteiger partial charge in [0, 0.05) is 17.7 Å². The van der Waals surface area contributed by atoms with Gasteiger partial charge in [-0.2, -0.15) is 0 Å². The monoisotopic (exact) mass is 157 g/mol. The van der Waals surface area contributed by atoms with Gasteiger partial charge in [0.1, 0.15) is 0 Å². The molecular weight excluding hydrogens is 146 g/mol. The number of nitrogens with one attached hydrogen (secondary N) is 1. The van der Waals surface area contributed by atoms with Gasteiger partial charge < -0.3 is 5.41 Å². The normalized spacial score (nSPS) is 14.6. The van der Waals surface area contributed by atoms with Crippen molar-refractivity contribution in [3.63, 3.8) is 0 Å². The zero-order valence-corrected chi connectivity index (χ0v) is 7.09. The molecule has 0 amide bonds. The van der Waals surface area contributed by atoms with Gasteiger partial charge in [0.15, 0.2) is 0 Å².